The Balaban J connectivity index is 1.82. The molecule has 1 aliphatic heterocycles. The number of amides is 1. The maximum Gasteiger partial charge on any atom is 0.254 e. The third-order valence-electron chi connectivity index (χ3n) is 4.75. The van der Waals surface area contributed by atoms with Gasteiger partial charge < -0.3 is 9.64 Å². The molecule has 0 saturated carbocycles. The summed E-state index contributed by atoms with van der Waals surface area (Å²) < 4.78 is 29.5. The minimum Gasteiger partial charge on any atom is -0.494 e. The number of halogens is 1. The lowest BCUT2D eigenvalue weighted by molar-refractivity contribution is 0.0681. The maximum atomic E-state index is 13.2. The average molecular weight is 422 g/mol. The molecule has 0 radical (unpaired) electrons. The van der Waals surface area contributed by atoms with Gasteiger partial charge in [-0.3, -0.25) is 4.79 Å². The predicted octanol–water partition coefficient (Wildman–Crippen LogP) is 3.96. The van der Waals surface area contributed by atoms with Crippen LogP contribution < -0.4 is 4.74 Å². The highest BCUT2D eigenvalue weighted by Crippen LogP contribution is 2.24. The molecular formula is C21H24ClNO4S. The fraction of sp³-hybridized carbons (Fsp3) is 0.381. The van der Waals surface area contributed by atoms with Gasteiger partial charge in [0.1, 0.15) is 5.75 Å². The van der Waals surface area contributed by atoms with Gasteiger partial charge in [-0.05, 0) is 54.8 Å². The normalized spacial score (nSPS) is 18.0. The molecule has 1 heterocycles. The van der Waals surface area contributed by atoms with E-state index < -0.39 is 9.84 Å². The van der Waals surface area contributed by atoms with Crippen LogP contribution in [-0.4, -0.2) is 43.4 Å². The first-order chi connectivity index (χ1) is 13.4. The zero-order valence-corrected chi connectivity index (χ0v) is 17.4. The molecule has 2 aromatic carbocycles. The molecule has 28 heavy (non-hydrogen) atoms. The topological polar surface area (TPSA) is 63.7 Å². The fourth-order valence-corrected chi connectivity index (χ4v) is 5.11. The van der Waals surface area contributed by atoms with E-state index in [2.05, 4.69) is 0 Å². The van der Waals surface area contributed by atoms with Crippen LogP contribution in [0, 0.1) is 0 Å². The summed E-state index contributed by atoms with van der Waals surface area (Å²) in [7, 11) is -3.11. The van der Waals surface area contributed by atoms with Crippen LogP contribution in [0.5, 0.6) is 5.75 Å². The Kier molecular flexibility index (Phi) is 6.62. The van der Waals surface area contributed by atoms with Crippen LogP contribution in [0.3, 0.4) is 0 Å². The highest BCUT2D eigenvalue weighted by atomic mass is 35.5. The summed E-state index contributed by atoms with van der Waals surface area (Å²) in [6.45, 7) is 2.99. The summed E-state index contributed by atoms with van der Waals surface area (Å²) in [5, 5.41) is 0.618. The highest BCUT2D eigenvalue weighted by Gasteiger charge is 2.35. The molecule has 0 N–H and O–H groups in total. The second-order valence-electron chi connectivity index (χ2n) is 6.99. The third kappa shape index (κ3) is 5.26. The first-order valence-corrected chi connectivity index (χ1v) is 11.6. The molecular weight excluding hydrogens is 398 g/mol. The van der Waals surface area contributed by atoms with Crippen molar-refractivity contribution in [3.8, 4) is 5.75 Å². The molecule has 5 nitrogen and oxygen atoms in total. The van der Waals surface area contributed by atoms with Gasteiger partial charge in [-0.1, -0.05) is 30.7 Å². The van der Waals surface area contributed by atoms with Crippen LogP contribution in [0.25, 0.3) is 0 Å². The van der Waals surface area contributed by atoms with E-state index in [9.17, 15) is 13.2 Å². The average Bonchev–Trinajstić information content (AvgIpc) is 3.05. The number of sulfone groups is 1. The molecule has 1 atom stereocenters. The predicted molar refractivity (Wildman–Crippen MR) is 111 cm³/mol. The highest BCUT2D eigenvalue weighted by molar-refractivity contribution is 7.91. The van der Waals surface area contributed by atoms with Crippen molar-refractivity contribution in [2.45, 2.75) is 32.4 Å². The van der Waals surface area contributed by atoms with Gasteiger partial charge in [-0.25, -0.2) is 8.42 Å². The lowest BCUT2D eigenvalue weighted by Crippen LogP contribution is -2.40. The van der Waals surface area contributed by atoms with Crippen LogP contribution in [0.2, 0.25) is 5.02 Å². The van der Waals surface area contributed by atoms with E-state index in [4.69, 9.17) is 16.3 Å². The Morgan fingerprint density at radius 3 is 2.39 bits per heavy atom. The molecule has 1 saturated heterocycles. The molecule has 2 aromatic rings. The molecule has 0 bridgehead atoms. The van der Waals surface area contributed by atoms with Crippen LogP contribution in [0.15, 0.2) is 48.5 Å². The van der Waals surface area contributed by atoms with Gasteiger partial charge in [-0.2, -0.15) is 0 Å². The number of hydrogen-bond donors (Lipinski definition) is 0. The summed E-state index contributed by atoms with van der Waals surface area (Å²) in [6.07, 6.45) is 1.37. The molecule has 0 aromatic heterocycles. The van der Waals surface area contributed by atoms with Crippen molar-refractivity contribution >= 4 is 27.3 Å². The van der Waals surface area contributed by atoms with Crippen molar-refractivity contribution in [3.63, 3.8) is 0 Å². The number of ether oxygens (including phenoxy) is 1. The van der Waals surface area contributed by atoms with Crippen molar-refractivity contribution in [1.29, 1.82) is 0 Å². The van der Waals surface area contributed by atoms with Crippen molar-refractivity contribution in [3.05, 3.63) is 64.7 Å². The summed E-state index contributed by atoms with van der Waals surface area (Å²) in [5.41, 5.74) is 1.42. The first kappa shape index (κ1) is 20.7. The van der Waals surface area contributed by atoms with Crippen LogP contribution in [0.4, 0.5) is 0 Å². The van der Waals surface area contributed by atoms with E-state index in [1.54, 1.807) is 41.3 Å². The Morgan fingerprint density at radius 1 is 1.14 bits per heavy atom. The van der Waals surface area contributed by atoms with Gasteiger partial charge in [0.25, 0.3) is 5.91 Å². The summed E-state index contributed by atoms with van der Waals surface area (Å²) in [5.74, 6) is 0.653. The summed E-state index contributed by atoms with van der Waals surface area (Å²) >= 11 is 5.95. The number of carbonyl (C=O) groups is 1. The standard InChI is InChI=1S/C21H24ClNO4S/c1-2-12-27-20-9-5-17(6-10-20)21(24)23(19-11-13-28(25,26)15-19)14-16-3-7-18(22)8-4-16/h3-10,19H,2,11-15H2,1H3. The maximum absolute atomic E-state index is 13.2. The number of carbonyl (C=O) groups excluding carboxylic acids is 1. The van der Waals surface area contributed by atoms with E-state index in [0.717, 1.165) is 12.0 Å². The lowest BCUT2D eigenvalue weighted by atomic mass is 10.1. The van der Waals surface area contributed by atoms with Gasteiger partial charge in [0.05, 0.1) is 18.1 Å². The van der Waals surface area contributed by atoms with E-state index in [1.165, 1.54) is 0 Å². The van der Waals surface area contributed by atoms with Crippen LogP contribution in [0.1, 0.15) is 35.7 Å². The number of benzene rings is 2. The lowest BCUT2D eigenvalue weighted by Gasteiger charge is -2.28. The minimum atomic E-state index is -3.11. The Morgan fingerprint density at radius 2 is 1.82 bits per heavy atom. The van der Waals surface area contributed by atoms with E-state index in [0.29, 0.717) is 35.9 Å². The van der Waals surface area contributed by atoms with Gasteiger partial charge in [0.2, 0.25) is 0 Å². The molecule has 3 rings (SSSR count). The minimum absolute atomic E-state index is 0.00399. The number of nitrogens with zero attached hydrogens (tertiary/aromatic N) is 1. The Bertz CT molecular complexity index is 910. The Labute approximate surface area is 171 Å². The quantitative estimate of drug-likeness (QED) is 0.678. The smallest absolute Gasteiger partial charge is 0.254 e. The van der Waals surface area contributed by atoms with Crippen LogP contribution in [-0.2, 0) is 16.4 Å². The van der Waals surface area contributed by atoms with Gasteiger partial charge in [0, 0.05) is 23.2 Å². The molecule has 0 spiro atoms. The molecule has 1 fully saturated rings. The molecule has 7 heteroatoms. The zero-order valence-electron chi connectivity index (χ0n) is 15.8. The summed E-state index contributed by atoms with van der Waals surface area (Å²) in [4.78, 5) is 14.9. The molecule has 1 aliphatic rings. The van der Waals surface area contributed by atoms with Crippen molar-refractivity contribution < 1.29 is 17.9 Å². The van der Waals surface area contributed by atoms with Gasteiger partial charge in [0.15, 0.2) is 9.84 Å². The molecule has 0 aliphatic carbocycles. The van der Waals surface area contributed by atoms with Crippen LogP contribution >= 0.6 is 11.6 Å². The summed E-state index contributed by atoms with van der Waals surface area (Å²) in [6, 6.07) is 13.9. The van der Waals surface area contributed by atoms with Crippen molar-refractivity contribution in [2.75, 3.05) is 18.1 Å². The zero-order chi connectivity index (χ0) is 20.1. The van der Waals surface area contributed by atoms with Gasteiger partial charge in [-0.15, -0.1) is 0 Å². The monoisotopic (exact) mass is 421 g/mol. The molecule has 1 amide bonds. The third-order valence-corrected chi connectivity index (χ3v) is 6.75. The first-order valence-electron chi connectivity index (χ1n) is 9.36. The van der Waals surface area contributed by atoms with E-state index in [1.807, 2.05) is 19.1 Å². The molecule has 1 unspecified atom stereocenters. The van der Waals surface area contributed by atoms with E-state index >= 15 is 0 Å². The SMILES string of the molecule is CCCOc1ccc(C(=O)N(Cc2ccc(Cl)cc2)C2CCS(=O)(=O)C2)cc1. The second kappa shape index (κ2) is 8.97. The van der Waals surface area contributed by atoms with Crippen molar-refractivity contribution in [2.24, 2.45) is 0 Å². The molecule has 150 valence electrons. The second-order valence-corrected chi connectivity index (χ2v) is 9.65. The van der Waals surface area contributed by atoms with E-state index in [-0.39, 0.29) is 23.5 Å². The Hall–Kier alpha value is -2.05. The number of hydrogen-bond acceptors (Lipinski definition) is 4. The van der Waals surface area contributed by atoms with Crippen molar-refractivity contribution in [1.82, 2.24) is 4.90 Å². The largest absolute Gasteiger partial charge is 0.494 e. The van der Waals surface area contributed by atoms with Gasteiger partial charge >= 0.3 is 0 Å². The fourth-order valence-electron chi connectivity index (χ4n) is 3.25. The number of rotatable bonds is 7.